The summed E-state index contributed by atoms with van der Waals surface area (Å²) in [6.45, 7) is 4.90. The molecule has 1 N–H and O–H groups in total. The Morgan fingerprint density at radius 2 is 1.80 bits per heavy atom. The average Bonchev–Trinajstić information content (AvgIpc) is 2.91. The zero-order chi connectivity index (χ0) is 13.8. The lowest BCUT2D eigenvalue weighted by Gasteiger charge is -2.12. The van der Waals surface area contributed by atoms with Crippen LogP contribution in [0.2, 0.25) is 0 Å². The molecule has 0 aromatic heterocycles. The summed E-state index contributed by atoms with van der Waals surface area (Å²) >= 11 is 0. The van der Waals surface area contributed by atoms with Crippen molar-refractivity contribution < 1.29 is 4.74 Å². The highest BCUT2D eigenvalue weighted by molar-refractivity contribution is 5.39. The van der Waals surface area contributed by atoms with E-state index in [1.807, 2.05) is 6.07 Å². The highest BCUT2D eigenvalue weighted by atomic mass is 16.5. The second-order valence-electron chi connectivity index (χ2n) is 5.30. The van der Waals surface area contributed by atoms with Crippen molar-refractivity contribution in [1.29, 1.82) is 0 Å². The van der Waals surface area contributed by atoms with Gasteiger partial charge in [-0.05, 0) is 23.6 Å². The number of benzene rings is 2. The van der Waals surface area contributed by atoms with E-state index in [2.05, 4.69) is 54.7 Å². The van der Waals surface area contributed by atoms with Crippen molar-refractivity contribution >= 4 is 0 Å². The number of nitrogens with one attached hydrogen (secondary N) is 1. The van der Waals surface area contributed by atoms with Gasteiger partial charge in [-0.25, -0.2) is 0 Å². The van der Waals surface area contributed by atoms with Gasteiger partial charge in [-0.3, -0.25) is 0 Å². The van der Waals surface area contributed by atoms with Gasteiger partial charge in [0.1, 0.15) is 5.75 Å². The predicted molar refractivity (Wildman–Crippen MR) is 82.2 cm³/mol. The number of aryl methyl sites for hydroxylation is 1. The Morgan fingerprint density at radius 1 is 1.05 bits per heavy atom. The molecule has 2 nitrogen and oxygen atoms in total. The molecule has 1 heterocycles. The van der Waals surface area contributed by atoms with Gasteiger partial charge in [-0.1, -0.05) is 49.4 Å². The van der Waals surface area contributed by atoms with Gasteiger partial charge in [0.05, 0.1) is 6.61 Å². The Bertz CT molecular complexity index is 579. The third-order valence-corrected chi connectivity index (χ3v) is 4.00. The number of ether oxygens (including phenoxy) is 1. The van der Waals surface area contributed by atoms with Crippen molar-refractivity contribution in [2.45, 2.75) is 25.8 Å². The number of hydrogen-bond acceptors (Lipinski definition) is 2. The van der Waals surface area contributed by atoms with Gasteiger partial charge in [0.25, 0.3) is 0 Å². The third kappa shape index (κ3) is 2.70. The molecule has 0 saturated heterocycles. The van der Waals surface area contributed by atoms with Crippen LogP contribution < -0.4 is 10.1 Å². The predicted octanol–water partition coefficient (Wildman–Crippen LogP) is 3.51. The lowest BCUT2D eigenvalue weighted by molar-refractivity contribution is 0.326. The lowest BCUT2D eigenvalue weighted by Crippen LogP contribution is -2.22. The molecule has 0 amide bonds. The molecule has 0 aliphatic carbocycles. The minimum absolute atomic E-state index is 0.472. The molecule has 0 spiro atoms. The zero-order valence-corrected chi connectivity index (χ0v) is 11.9. The molecule has 2 heteroatoms. The molecule has 1 aliphatic heterocycles. The van der Waals surface area contributed by atoms with Gasteiger partial charge in [0.15, 0.2) is 0 Å². The minimum atomic E-state index is 0.472. The lowest BCUT2D eigenvalue weighted by atomic mass is 10.0. The standard InChI is InChI=1S/C18H21NO/c1-2-14-7-3-4-8-15(14)11-19-12-16-13-20-18-10-6-5-9-17(16)18/h3-10,16,19H,2,11-13H2,1H3. The molecule has 2 aromatic rings. The van der Waals surface area contributed by atoms with Gasteiger partial charge in [-0.2, -0.15) is 0 Å². The van der Waals surface area contributed by atoms with Crippen LogP contribution in [0.1, 0.15) is 29.5 Å². The molecule has 0 saturated carbocycles. The zero-order valence-electron chi connectivity index (χ0n) is 11.9. The van der Waals surface area contributed by atoms with E-state index < -0.39 is 0 Å². The summed E-state index contributed by atoms with van der Waals surface area (Å²) in [4.78, 5) is 0. The van der Waals surface area contributed by atoms with E-state index >= 15 is 0 Å². The van der Waals surface area contributed by atoms with E-state index in [1.54, 1.807) is 0 Å². The van der Waals surface area contributed by atoms with Gasteiger partial charge in [0, 0.05) is 24.6 Å². The molecule has 0 fully saturated rings. The average molecular weight is 267 g/mol. The van der Waals surface area contributed by atoms with Crippen LogP contribution in [0.4, 0.5) is 0 Å². The molecule has 1 aliphatic rings. The van der Waals surface area contributed by atoms with E-state index in [-0.39, 0.29) is 0 Å². The molecular formula is C18H21NO. The maximum Gasteiger partial charge on any atom is 0.122 e. The summed E-state index contributed by atoms with van der Waals surface area (Å²) in [5.41, 5.74) is 4.18. The van der Waals surface area contributed by atoms with Crippen molar-refractivity contribution in [3.05, 3.63) is 65.2 Å². The summed E-state index contributed by atoms with van der Waals surface area (Å²) in [7, 11) is 0. The number of hydrogen-bond donors (Lipinski definition) is 1. The third-order valence-electron chi connectivity index (χ3n) is 4.00. The fraction of sp³-hybridized carbons (Fsp3) is 0.333. The summed E-state index contributed by atoms with van der Waals surface area (Å²) in [6, 6.07) is 17.0. The molecule has 1 atom stereocenters. The van der Waals surface area contributed by atoms with Gasteiger partial charge >= 0.3 is 0 Å². The maximum atomic E-state index is 5.72. The smallest absolute Gasteiger partial charge is 0.122 e. The van der Waals surface area contributed by atoms with E-state index in [4.69, 9.17) is 4.74 Å². The monoisotopic (exact) mass is 267 g/mol. The number of para-hydroxylation sites is 1. The Kier molecular flexibility index (Phi) is 4.03. The van der Waals surface area contributed by atoms with Gasteiger partial charge in [-0.15, -0.1) is 0 Å². The fourth-order valence-electron chi connectivity index (χ4n) is 2.85. The van der Waals surface area contributed by atoms with Crippen LogP contribution in [-0.2, 0) is 13.0 Å². The molecule has 2 aromatic carbocycles. The van der Waals surface area contributed by atoms with Crippen molar-refractivity contribution in [3.8, 4) is 5.75 Å². The van der Waals surface area contributed by atoms with Crippen LogP contribution in [0.5, 0.6) is 5.75 Å². The number of rotatable bonds is 5. The van der Waals surface area contributed by atoms with Crippen molar-refractivity contribution in [2.24, 2.45) is 0 Å². The van der Waals surface area contributed by atoms with Crippen molar-refractivity contribution in [2.75, 3.05) is 13.2 Å². The van der Waals surface area contributed by atoms with Crippen LogP contribution in [0, 0.1) is 0 Å². The Morgan fingerprint density at radius 3 is 2.65 bits per heavy atom. The Balaban J connectivity index is 1.59. The summed E-state index contributed by atoms with van der Waals surface area (Å²) in [6.07, 6.45) is 1.09. The summed E-state index contributed by atoms with van der Waals surface area (Å²) in [5.74, 6) is 1.52. The quantitative estimate of drug-likeness (QED) is 0.895. The molecule has 0 radical (unpaired) electrons. The first-order valence-corrected chi connectivity index (χ1v) is 7.37. The van der Waals surface area contributed by atoms with E-state index in [0.717, 1.165) is 31.9 Å². The molecule has 104 valence electrons. The Hall–Kier alpha value is -1.80. The number of fused-ring (bicyclic) bond motifs is 1. The van der Waals surface area contributed by atoms with E-state index in [1.165, 1.54) is 16.7 Å². The van der Waals surface area contributed by atoms with Gasteiger partial charge in [0.2, 0.25) is 0 Å². The second kappa shape index (κ2) is 6.10. The van der Waals surface area contributed by atoms with Crippen molar-refractivity contribution in [1.82, 2.24) is 5.32 Å². The van der Waals surface area contributed by atoms with E-state index in [0.29, 0.717) is 5.92 Å². The minimum Gasteiger partial charge on any atom is -0.493 e. The topological polar surface area (TPSA) is 21.3 Å². The van der Waals surface area contributed by atoms with Crippen molar-refractivity contribution in [3.63, 3.8) is 0 Å². The fourth-order valence-corrected chi connectivity index (χ4v) is 2.85. The SMILES string of the molecule is CCc1ccccc1CNCC1COc2ccccc21. The van der Waals surface area contributed by atoms with Crippen LogP contribution in [0.3, 0.4) is 0 Å². The molecular weight excluding hydrogens is 246 g/mol. The van der Waals surface area contributed by atoms with Crippen LogP contribution >= 0.6 is 0 Å². The first-order chi connectivity index (χ1) is 9.88. The van der Waals surface area contributed by atoms with E-state index in [9.17, 15) is 0 Å². The molecule has 20 heavy (non-hydrogen) atoms. The van der Waals surface area contributed by atoms with Crippen LogP contribution in [0.25, 0.3) is 0 Å². The summed E-state index contributed by atoms with van der Waals surface area (Å²) < 4.78 is 5.72. The maximum absolute atomic E-state index is 5.72. The van der Waals surface area contributed by atoms with Gasteiger partial charge < -0.3 is 10.1 Å². The van der Waals surface area contributed by atoms with Crippen LogP contribution in [0.15, 0.2) is 48.5 Å². The second-order valence-corrected chi connectivity index (χ2v) is 5.30. The molecule has 3 rings (SSSR count). The molecule has 1 unspecified atom stereocenters. The highest BCUT2D eigenvalue weighted by Crippen LogP contribution is 2.32. The van der Waals surface area contributed by atoms with Crippen LogP contribution in [-0.4, -0.2) is 13.2 Å². The Labute approximate surface area is 120 Å². The first kappa shape index (κ1) is 13.2. The molecule has 0 bridgehead atoms. The highest BCUT2D eigenvalue weighted by Gasteiger charge is 2.22. The normalized spacial score (nSPS) is 16.8. The summed E-state index contributed by atoms with van der Waals surface area (Å²) in [5, 5.41) is 3.58. The largest absolute Gasteiger partial charge is 0.493 e. The first-order valence-electron chi connectivity index (χ1n) is 7.37.